The SMILES string of the molecule is Cc1ccc(CN2C(=O)C3(NCCc4cc(O)ccc43)c3cc(Cl)ccc32)cc1. The number of phenols is 1. The number of carbonyl (C=O) groups is 1. The standard InChI is InChI=1S/C24H21ClN2O2/c1-15-2-4-16(5-3-15)14-27-22-9-6-18(25)13-21(22)24(23(27)29)20-8-7-19(28)12-17(20)10-11-26-24/h2-9,12-13,26,28H,10-11,14H2,1H3. The van der Waals surface area contributed by atoms with Gasteiger partial charge >= 0.3 is 0 Å². The van der Waals surface area contributed by atoms with E-state index in [2.05, 4.69) is 36.5 Å². The zero-order valence-corrected chi connectivity index (χ0v) is 16.8. The Hall–Kier alpha value is -2.82. The molecule has 4 nitrogen and oxygen atoms in total. The van der Waals surface area contributed by atoms with Gasteiger partial charge in [-0.05, 0) is 60.4 Å². The van der Waals surface area contributed by atoms with Crippen LogP contribution in [0.3, 0.4) is 0 Å². The van der Waals surface area contributed by atoms with E-state index in [9.17, 15) is 9.90 Å². The lowest BCUT2D eigenvalue weighted by Crippen LogP contribution is -2.54. The first-order chi connectivity index (χ1) is 14.0. The molecule has 0 saturated carbocycles. The normalized spacial score (nSPS) is 20.1. The lowest BCUT2D eigenvalue weighted by molar-refractivity contribution is -0.123. The van der Waals surface area contributed by atoms with Crippen LogP contribution in [-0.2, 0) is 23.3 Å². The predicted molar refractivity (Wildman–Crippen MR) is 114 cm³/mol. The smallest absolute Gasteiger partial charge is 0.256 e. The number of phenolic OH excluding ortho intramolecular Hbond substituents is 1. The number of anilines is 1. The van der Waals surface area contributed by atoms with Gasteiger partial charge in [0.1, 0.15) is 5.75 Å². The average molecular weight is 405 g/mol. The number of halogens is 1. The Balaban J connectivity index is 1.68. The van der Waals surface area contributed by atoms with Crippen molar-refractivity contribution in [1.29, 1.82) is 0 Å². The van der Waals surface area contributed by atoms with Crippen LogP contribution in [0.1, 0.15) is 27.8 Å². The minimum atomic E-state index is -0.980. The molecule has 2 N–H and O–H groups in total. The second kappa shape index (κ2) is 6.61. The van der Waals surface area contributed by atoms with Crippen molar-refractivity contribution >= 4 is 23.2 Å². The summed E-state index contributed by atoms with van der Waals surface area (Å²) in [4.78, 5) is 15.8. The summed E-state index contributed by atoms with van der Waals surface area (Å²) >= 11 is 6.35. The molecular weight excluding hydrogens is 384 g/mol. The summed E-state index contributed by atoms with van der Waals surface area (Å²) in [6.07, 6.45) is 0.757. The molecule has 5 heteroatoms. The van der Waals surface area contributed by atoms with Gasteiger partial charge in [-0.3, -0.25) is 10.1 Å². The highest BCUT2D eigenvalue weighted by Gasteiger charge is 2.54. The molecule has 0 fully saturated rings. The minimum Gasteiger partial charge on any atom is -0.508 e. The number of aryl methyl sites for hydroxylation is 1. The summed E-state index contributed by atoms with van der Waals surface area (Å²) in [6.45, 7) is 3.19. The quantitative estimate of drug-likeness (QED) is 0.670. The third-order valence-corrected chi connectivity index (χ3v) is 6.19. The van der Waals surface area contributed by atoms with E-state index >= 15 is 0 Å². The van der Waals surface area contributed by atoms with Crippen molar-refractivity contribution in [1.82, 2.24) is 5.32 Å². The molecule has 0 aliphatic carbocycles. The van der Waals surface area contributed by atoms with Gasteiger partial charge in [-0.1, -0.05) is 47.5 Å². The summed E-state index contributed by atoms with van der Waals surface area (Å²) < 4.78 is 0. The van der Waals surface area contributed by atoms with Crippen LogP contribution in [0.25, 0.3) is 0 Å². The topological polar surface area (TPSA) is 52.6 Å². The maximum Gasteiger partial charge on any atom is 0.256 e. The fourth-order valence-electron chi connectivity index (χ4n) is 4.57. The number of fused-ring (bicyclic) bond motifs is 4. The van der Waals surface area contributed by atoms with Crippen LogP contribution in [0, 0.1) is 6.92 Å². The predicted octanol–water partition coefficient (Wildman–Crippen LogP) is 4.29. The van der Waals surface area contributed by atoms with Crippen molar-refractivity contribution in [3.63, 3.8) is 0 Å². The number of amides is 1. The van der Waals surface area contributed by atoms with Crippen LogP contribution in [0.4, 0.5) is 5.69 Å². The highest BCUT2D eigenvalue weighted by atomic mass is 35.5. The molecule has 2 heterocycles. The molecule has 2 aliphatic rings. The molecule has 0 bridgehead atoms. The molecule has 146 valence electrons. The number of hydrogen-bond acceptors (Lipinski definition) is 3. The Morgan fingerprint density at radius 2 is 1.86 bits per heavy atom. The van der Waals surface area contributed by atoms with Crippen LogP contribution in [0.15, 0.2) is 60.7 Å². The maximum absolute atomic E-state index is 13.9. The van der Waals surface area contributed by atoms with Crippen molar-refractivity contribution in [3.05, 3.63) is 93.5 Å². The average Bonchev–Trinajstić information content (AvgIpc) is 2.92. The van der Waals surface area contributed by atoms with E-state index < -0.39 is 5.54 Å². The third-order valence-electron chi connectivity index (χ3n) is 5.96. The van der Waals surface area contributed by atoms with Crippen molar-refractivity contribution in [3.8, 4) is 5.75 Å². The molecule has 0 radical (unpaired) electrons. The maximum atomic E-state index is 13.9. The lowest BCUT2D eigenvalue weighted by Gasteiger charge is -2.36. The Labute approximate surface area is 174 Å². The van der Waals surface area contributed by atoms with Gasteiger partial charge in [0, 0.05) is 17.1 Å². The molecule has 3 aromatic rings. The third kappa shape index (κ3) is 2.75. The van der Waals surface area contributed by atoms with Crippen molar-refractivity contribution < 1.29 is 9.90 Å². The van der Waals surface area contributed by atoms with E-state index in [0.717, 1.165) is 34.4 Å². The van der Waals surface area contributed by atoms with Crippen LogP contribution in [-0.4, -0.2) is 17.6 Å². The van der Waals surface area contributed by atoms with E-state index in [1.54, 1.807) is 12.1 Å². The highest BCUT2D eigenvalue weighted by Crippen LogP contribution is 2.48. The number of aromatic hydroxyl groups is 1. The molecule has 0 aromatic heterocycles. The summed E-state index contributed by atoms with van der Waals surface area (Å²) in [7, 11) is 0. The monoisotopic (exact) mass is 404 g/mol. The summed E-state index contributed by atoms with van der Waals surface area (Å²) in [5, 5.41) is 14.1. The second-order valence-electron chi connectivity index (χ2n) is 7.81. The summed E-state index contributed by atoms with van der Waals surface area (Å²) in [5.41, 5.74) is 4.90. The van der Waals surface area contributed by atoms with Crippen LogP contribution >= 0.6 is 11.6 Å². The molecule has 1 atom stereocenters. The highest BCUT2D eigenvalue weighted by molar-refractivity contribution is 6.31. The van der Waals surface area contributed by atoms with E-state index in [1.165, 1.54) is 5.56 Å². The molecule has 1 amide bonds. The largest absolute Gasteiger partial charge is 0.508 e. The van der Waals surface area contributed by atoms with Gasteiger partial charge in [-0.2, -0.15) is 0 Å². The first-order valence-corrected chi connectivity index (χ1v) is 10.1. The Kier molecular flexibility index (Phi) is 4.16. The van der Waals surface area contributed by atoms with Crippen LogP contribution in [0.2, 0.25) is 5.02 Å². The first-order valence-electron chi connectivity index (χ1n) is 9.74. The minimum absolute atomic E-state index is 0.0121. The van der Waals surface area contributed by atoms with Gasteiger partial charge in [-0.25, -0.2) is 0 Å². The van der Waals surface area contributed by atoms with Gasteiger partial charge in [0.15, 0.2) is 5.54 Å². The number of hydrogen-bond donors (Lipinski definition) is 2. The van der Waals surface area contributed by atoms with Gasteiger partial charge in [-0.15, -0.1) is 0 Å². The van der Waals surface area contributed by atoms with Gasteiger partial charge in [0.25, 0.3) is 5.91 Å². The molecule has 2 aliphatic heterocycles. The van der Waals surface area contributed by atoms with E-state index in [4.69, 9.17) is 11.6 Å². The van der Waals surface area contributed by atoms with Crippen LogP contribution in [0.5, 0.6) is 5.75 Å². The molecule has 0 saturated heterocycles. The molecule has 3 aromatic carbocycles. The first kappa shape index (κ1) is 18.2. The lowest BCUT2D eigenvalue weighted by atomic mass is 9.78. The summed E-state index contributed by atoms with van der Waals surface area (Å²) in [5.74, 6) is 0.205. The van der Waals surface area contributed by atoms with Crippen molar-refractivity contribution in [2.75, 3.05) is 11.4 Å². The molecule has 5 rings (SSSR count). The van der Waals surface area contributed by atoms with Gasteiger partial charge < -0.3 is 10.0 Å². The number of nitrogens with one attached hydrogen (secondary N) is 1. The van der Waals surface area contributed by atoms with E-state index in [1.807, 2.05) is 29.2 Å². The fourth-order valence-corrected chi connectivity index (χ4v) is 4.74. The van der Waals surface area contributed by atoms with Gasteiger partial charge in [0.2, 0.25) is 0 Å². The van der Waals surface area contributed by atoms with E-state index in [0.29, 0.717) is 18.1 Å². The number of carbonyl (C=O) groups excluding carboxylic acids is 1. The second-order valence-corrected chi connectivity index (χ2v) is 8.24. The van der Waals surface area contributed by atoms with Gasteiger partial charge in [0.05, 0.1) is 12.2 Å². The Morgan fingerprint density at radius 3 is 2.66 bits per heavy atom. The molecule has 1 unspecified atom stereocenters. The Bertz CT molecular complexity index is 1130. The van der Waals surface area contributed by atoms with E-state index in [-0.39, 0.29) is 11.7 Å². The van der Waals surface area contributed by atoms with Crippen LogP contribution < -0.4 is 10.2 Å². The van der Waals surface area contributed by atoms with Crippen molar-refractivity contribution in [2.45, 2.75) is 25.4 Å². The number of rotatable bonds is 2. The zero-order valence-electron chi connectivity index (χ0n) is 16.1. The summed E-state index contributed by atoms with van der Waals surface area (Å²) in [6, 6.07) is 19.1. The number of benzene rings is 3. The molecule has 1 spiro atoms. The fraction of sp³-hybridized carbons (Fsp3) is 0.208. The number of nitrogens with zero attached hydrogens (tertiary/aromatic N) is 1. The van der Waals surface area contributed by atoms with Crippen molar-refractivity contribution in [2.24, 2.45) is 0 Å². The Morgan fingerprint density at radius 1 is 1.07 bits per heavy atom. The zero-order chi connectivity index (χ0) is 20.2. The molecule has 29 heavy (non-hydrogen) atoms. The molecular formula is C24H21ClN2O2.